The standard InChI is InChI=1S/C16H26N2O2/c1-11(2)10-20-15-9-7-6-8-14(15)18-16(19)17-13(5)12(3)4/h6-9,11-13H,10H2,1-5H3,(H2,17,18,19). The van der Waals surface area contributed by atoms with Crippen LogP contribution in [-0.2, 0) is 0 Å². The summed E-state index contributed by atoms with van der Waals surface area (Å²) >= 11 is 0. The number of carbonyl (C=O) groups is 1. The number of anilines is 1. The summed E-state index contributed by atoms with van der Waals surface area (Å²) in [5.41, 5.74) is 0.696. The van der Waals surface area contributed by atoms with E-state index in [2.05, 4.69) is 38.3 Å². The summed E-state index contributed by atoms with van der Waals surface area (Å²) in [6.45, 7) is 10.9. The van der Waals surface area contributed by atoms with Crippen molar-refractivity contribution < 1.29 is 9.53 Å². The number of hydrogen-bond donors (Lipinski definition) is 2. The summed E-state index contributed by atoms with van der Waals surface area (Å²) in [4.78, 5) is 11.9. The lowest BCUT2D eigenvalue weighted by molar-refractivity contribution is 0.245. The zero-order valence-corrected chi connectivity index (χ0v) is 13.1. The van der Waals surface area contributed by atoms with Crippen LogP contribution in [0.3, 0.4) is 0 Å². The number of rotatable bonds is 6. The van der Waals surface area contributed by atoms with Gasteiger partial charge >= 0.3 is 6.03 Å². The van der Waals surface area contributed by atoms with E-state index in [4.69, 9.17) is 4.74 Å². The zero-order chi connectivity index (χ0) is 15.1. The van der Waals surface area contributed by atoms with Gasteiger partial charge in [-0.05, 0) is 30.9 Å². The summed E-state index contributed by atoms with van der Waals surface area (Å²) in [6.07, 6.45) is 0. The van der Waals surface area contributed by atoms with Gasteiger partial charge in [-0.15, -0.1) is 0 Å². The van der Waals surface area contributed by atoms with Crippen molar-refractivity contribution in [2.24, 2.45) is 11.8 Å². The predicted molar refractivity (Wildman–Crippen MR) is 83.2 cm³/mol. The molecule has 1 aromatic carbocycles. The molecule has 0 aliphatic carbocycles. The van der Waals surface area contributed by atoms with Gasteiger partial charge in [-0.3, -0.25) is 0 Å². The van der Waals surface area contributed by atoms with Crippen LogP contribution in [0.25, 0.3) is 0 Å². The molecule has 0 aliphatic heterocycles. The largest absolute Gasteiger partial charge is 0.491 e. The summed E-state index contributed by atoms with van der Waals surface area (Å²) < 4.78 is 5.71. The lowest BCUT2D eigenvalue weighted by Gasteiger charge is -2.19. The van der Waals surface area contributed by atoms with Crippen LogP contribution in [0.1, 0.15) is 34.6 Å². The highest BCUT2D eigenvalue weighted by Gasteiger charge is 2.12. The summed E-state index contributed by atoms with van der Waals surface area (Å²) in [5, 5.41) is 5.76. The monoisotopic (exact) mass is 278 g/mol. The minimum absolute atomic E-state index is 0.124. The van der Waals surface area contributed by atoms with Gasteiger partial charge in [-0.2, -0.15) is 0 Å². The normalized spacial score (nSPS) is 12.3. The van der Waals surface area contributed by atoms with Crippen LogP contribution in [0.15, 0.2) is 24.3 Å². The van der Waals surface area contributed by atoms with E-state index in [1.54, 1.807) is 0 Å². The molecule has 0 bridgehead atoms. The molecule has 4 heteroatoms. The Morgan fingerprint density at radius 2 is 1.80 bits per heavy atom. The summed E-state index contributed by atoms with van der Waals surface area (Å²) in [6, 6.07) is 7.41. The highest BCUT2D eigenvalue weighted by Crippen LogP contribution is 2.24. The minimum Gasteiger partial charge on any atom is -0.491 e. The van der Waals surface area contributed by atoms with Crippen LogP contribution in [-0.4, -0.2) is 18.7 Å². The van der Waals surface area contributed by atoms with Crippen LogP contribution in [0.2, 0.25) is 0 Å². The molecule has 0 saturated carbocycles. The topological polar surface area (TPSA) is 50.4 Å². The third kappa shape index (κ3) is 5.51. The molecule has 0 aliphatic rings. The van der Waals surface area contributed by atoms with E-state index in [1.165, 1.54) is 0 Å². The molecule has 0 fully saturated rings. The maximum atomic E-state index is 11.9. The number of nitrogens with one attached hydrogen (secondary N) is 2. The Hall–Kier alpha value is -1.71. The summed E-state index contributed by atoms with van der Waals surface area (Å²) in [5.74, 6) is 1.54. The first-order chi connectivity index (χ1) is 9.40. The molecule has 2 N–H and O–H groups in total. The molecule has 1 unspecified atom stereocenters. The van der Waals surface area contributed by atoms with Crippen molar-refractivity contribution in [2.45, 2.75) is 40.7 Å². The van der Waals surface area contributed by atoms with Gasteiger partial charge in [-0.25, -0.2) is 4.79 Å². The van der Waals surface area contributed by atoms with E-state index < -0.39 is 0 Å². The van der Waals surface area contributed by atoms with Gasteiger partial charge in [0.1, 0.15) is 5.75 Å². The number of urea groups is 1. The molecular formula is C16H26N2O2. The fraction of sp³-hybridized carbons (Fsp3) is 0.562. The Labute approximate surface area is 121 Å². The predicted octanol–water partition coefficient (Wildman–Crippen LogP) is 3.89. The fourth-order valence-corrected chi connectivity index (χ4v) is 1.48. The Kier molecular flexibility index (Phi) is 6.36. The van der Waals surface area contributed by atoms with E-state index in [9.17, 15) is 4.79 Å². The first-order valence-corrected chi connectivity index (χ1v) is 7.19. The molecule has 0 saturated heterocycles. The number of ether oxygens (including phenoxy) is 1. The van der Waals surface area contributed by atoms with Crippen molar-refractivity contribution in [1.82, 2.24) is 5.32 Å². The number of benzene rings is 1. The number of para-hydroxylation sites is 2. The van der Waals surface area contributed by atoms with E-state index in [0.29, 0.717) is 29.9 Å². The Morgan fingerprint density at radius 3 is 2.40 bits per heavy atom. The lowest BCUT2D eigenvalue weighted by Crippen LogP contribution is -2.39. The van der Waals surface area contributed by atoms with Gasteiger partial charge in [0.2, 0.25) is 0 Å². The van der Waals surface area contributed by atoms with E-state index in [1.807, 2.05) is 31.2 Å². The fourth-order valence-electron chi connectivity index (χ4n) is 1.48. The average Bonchev–Trinajstić information content (AvgIpc) is 2.37. The van der Waals surface area contributed by atoms with Gasteiger partial charge in [0.15, 0.2) is 0 Å². The number of carbonyl (C=O) groups excluding carboxylic acids is 1. The molecule has 112 valence electrons. The maximum absolute atomic E-state index is 11.9. The van der Waals surface area contributed by atoms with Crippen molar-refractivity contribution in [3.8, 4) is 5.75 Å². The van der Waals surface area contributed by atoms with Crippen molar-refractivity contribution in [3.05, 3.63) is 24.3 Å². The summed E-state index contributed by atoms with van der Waals surface area (Å²) in [7, 11) is 0. The second-order valence-electron chi connectivity index (χ2n) is 5.83. The molecule has 0 heterocycles. The molecule has 1 rings (SSSR count). The van der Waals surface area contributed by atoms with Gasteiger partial charge in [0.25, 0.3) is 0 Å². The highest BCUT2D eigenvalue weighted by molar-refractivity contribution is 5.91. The lowest BCUT2D eigenvalue weighted by atomic mass is 10.1. The molecular weight excluding hydrogens is 252 g/mol. The zero-order valence-electron chi connectivity index (χ0n) is 13.1. The first kappa shape index (κ1) is 16.3. The SMILES string of the molecule is CC(C)COc1ccccc1NC(=O)NC(C)C(C)C. The third-order valence-corrected chi connectivity index (χ3v) is 3.07. The van der Waals surface area contributed by atoms with Crippen LogP contribution in [0, 0.1) is 11.8 Å². The third-order valence-electron chi connectivity index (χ3n) is 3.07. The molecule has 0 radical (unpaired) electrons. The van der Waals surface area contributed by atoms with Crippen LogP contribution in [0.4, 0.5) is 10.5 Å². The molecule has 0 spiro atoms. The van der Waals surface area contributed by atoms with Gasteiger partial charge in [0.05, 0.1) is 12.3 Å². The minimum atomic E-state index is -0.202. The average molecular weight is 278 g/mol. The molecule has 0 aromatic heterocycles. The highest BCUT2D eigenvalue weighted by atomic mass is 16.5. The van der Waals surface area contributed by atoms with Crippen molar-refractivity contribution >= 4 is 11.7 Å². The molecule has 20 heavy (non-hydrogen) atoms. The Bertz CT molecular complexity index is 430. The van der Waals surface area contributed by atoms with Crippen molar-refractivity contribution in [3.63, 3.8) is 0 Å². The van der Waals surface area contributed by atoms with E-state index >= 15 is 0 Å². The smallest absolute Gasteiger partial charge is 0.319 e. The number of amides is 2. The number of hydrogen-bond acceptors (Lipinski definition) is 2. The first-order valence-electron chi connectivity index (χ1n) is 7.19. The van der Waals surface area contributed by atoms with Crippen LogP contribution >= 0.6 is 0 Å². The molecule has 4 nitrogen and oxygen atoms in total. The Balaban J connectivity index is 2.64. The van der Waals surface area contributed by atoms with Crippen LogP contribution in [0.5, 0.6) is 5.75 Å². The second kappa shape index (κ2) is 7.78. The second-order valence-corrected chi connectivity index (χ2v) is 5.83. The quantitative estimate of drug-likeness (QED) is 0.829. The molecule has 2 amide bonds. The Morgan fingerprint density at radius 1 is 1.15 bits per heavy atom. The molecule has 1 aromatic rings. The van der Waals surface area contributed by atoms with E-state index in [-0.39, 0.29) is 12.1 Å². The maximum Gasteiger partial charge on any atom is 0.319 e. The van der Waals surface area contributed by atoms with Crippen LogP contribution < -0.4 is 15.4 Å². The van der Waals surface area contributed by atoms with Crippen molar-refractivity contribution in [1.29, 1.82) is 0 Å². The van der Waals surface area contributed by atoms with E-state index in [0.717, 1.165) is 0 Å². The van der Waals surface area contributed by atoms with Gasteiger partial charge in [0, 0.05) is 6.04 Å². The van der Waals surface area contributed by atoms with Crippen molar-refractivity contribution in [2.75, 3.05) is 11.9 Å². The molecule has 1 atom stereocenters. The van der Waals surface area contributed by atoms with Gasteiger partial charge < -0.3 is 15.4 Å². The van der Waals surface area contributed by atoms with Gasteiger partial charge in [-0.1, -0.05) is 39.8 Å².